The summed E-state index contributed by atoms with van der Waals surface area (Å²) in [6.45, 7) is 29.1. The van der Waals surface area contributed by atoms with E-state index in [0.29, 0.717) is 0 Å². The zero-order valence-corrected chi connectivity index (χ0v) is 57.3. The Hall–Kier alpha value is -5.61. The summed E-state index contributed by atoms with van der Waals surface area (Å²) < 4.78 is 5.67. The second-order valence-electron chi connectivity index (χ2n) is 27.0. The third kappa shape index (κ3) is 22.4. The number of ether oxygens (including phenoxy) is 1. The fourth-order valence-electron chi connectivity index (χ4n) is 11.7. The maximum absolute atomic E-state index is 15.1. The first kappa shape index (κ1) is 79.4. The number of amides is 8. The monoisotopic (exact) mass is 1230 g/mol. The molecule has 0 bridgehead atoms. The molecule has 22 heteroatoms. The van der Waals surface area contributed by atoms with Gasteiger partial charge in [-0.25, -0.2) is 0 Å². The molecule has 0 aliphatic carbocycles. The minimum Gasteiger partial charge on any atom is -0.393 e. The Kier molecular flexibility index (Phi) is 33.0. The number of aliphatic hydroxyl groups excluding tert-OH is 2. The SMILES string of the molecule is C/C=C/C[C@@H](C)[C@@H](O)[C@H]1C(=O)C[C@@H]([C@@H](C)O)C(=O)N(C)[C@H](C)C(=O)N(C)[C@@H]([C@@H](C)OC)C(=O)C[C@@H](CC(C)C)C(=O)N(C)[C@@H](CC(C)C)C(=O)C[C@@H](C)C(=O)N[C@H](C)C(=O)N(C)[C@@H](CC(C)C)C(=O)N[C@@H](CC(C)C)C(=O)N(C)[C@@H](C(C)C)C(=O)N1C. The maximum Gasteiger partial charge on any atom is 0.246 e. The number of hydrogen-bond donors (Lipinski definition) is 4. The van der Waals surface area contributed by atoms with Crippen molar-refractivity contribution in [2.45, 2.75) is 236 Å². The molecule has 87 heavy (non-hydrogen) atoms. The minimum atomic E-state index is -1.63. The molecule has 0 aromatic carbocycles. The molecule has 22 nitrogen and oxygen atoms in total. The van der Waals surface area contributed by atoms with Crippen LogP contribution < -0.4 is 10.6 Å². The highest BCUT2D eigenvalue weighted by molar-refractivity contribution is 6.00. The number of ketones is 3. The Bertz CT molecular complexity index is 2370. The van der Waals surface area contributed by atoms with Crippen LogP contribution in [0.2, 0.25) is 0 Å². The van der Waals surface area contributed by atoms with Gasteiger partial charge in [-0.15, -0.1) is 0 Å². The maximum atomic E-state index is 15.1. The molecular formula is C65H114N8O14. The average molecular weight is 1230 g/mol. The van der Waals surface area contributed by atoms with E-state index in [9.17, 15) is 58.2 Å². The van der Waals surface area contributed by atoms with Gasteiger partial charge in [0.15, 0.2) is 17.3 Å². The Morgan fingerprint density at radius 3 is 1.47 bits per heavy atom. The van der Waals surface area contributed by atoms with Gasteiger partial charge in [-0.2, -0.15) is 0 Å². The molecule has 0 radical (unpaired) electrons. The number of hydrogen-bond acceptors (Lipinski definition) is 14. The third-order valence-electron chi connectivity index (χ3n) is 17.2. The standard InChI is InChI=1S/C65H114N8O14/c1-25-26-27-40(12)57(78)56-53(77)34-47(44(16)74)63(84)68(18)43(15)61(82)72(22)55(45(17)87-24)52(76)33-46(28-35(2)3)62(83)69(19)49(30-37(6)7)51(75)32-41(13)58(79)66-42(14)60(81)70(20)50(31-38(8)9)59(80)67-48(29-36(4)5)64(85)71(21)54(39(10)11)65(86)73(56)23/h25-26,35-50,54-57,74,78H,27-34H2,1-24H3,(H,66,79)(H,67,80)/b26-25+/t40-,41-,42-,43-,44-,45-,46-,47+,48+,49+,50+,54+,55+,56-,57-/m1/s1. The van der Waals surface area contributed by atoms with Crippen molar-refractivity contribution in [3.05, 3.63) is 12.2 Å². The molecule has 15 atom stereocenters. The zero-order valence-electron chi connectivity index (χ0n) is 57.3. The van der Waals surface area contributed by atoms with E-state index < -0.39 is 167 Å². The summed E-state index contributed by atoms with van der Waals surface area (Å²) in [4.78, 5) is 168. The van der Waals surface area contributed by atoms with Crippen molar-refractivity contribution < 1.29 is 67.7 Å². The van der Waals surface area contributed by atoms with Crippen LogP contribution in [0, 0.1) is 53.3 Å². The Morgan fingerprint density at radius 2 is 0.989 bits per heavy atom. The lowest BCUT2D eigenvalue weighted by Crippen LogP contribution is -2.61. The summed E-state index contributed by atoms with van der Waals surface area (Å²) in [6, 6.07) is -10.1. The molecule has 0 aromatic rings. The summed E-state index contributed by atoms with van der Waals surface area (Å²) in [5, 5.41) is 29.1. The smallest absolute Gasteiger partial charge is 0.246 e. The van der Waals surface area contributed by atoms with Crippen LogP contribution in [0.15, 0.2) is 12.2 Å². The third-order valence-corrected chi connectivity index (χ3v) is 17.2. The summed E-state index contributed by atoms with van der Waals surface area (Å²) >= 11 is 0. The van der Waals surface area contributed by atoms with Gasteiger partial charge in [-0.3, -0.25) is 52.7 Å². The first-order valence-corrected chi connectivity index (χ1v) is 31.4. The lowest BCUT2D eigenvalue weighted by Gasteiger charge is -2.40. The number of nitrogens with zero attached hydrogens (tertiary/aromatic N) is 6. The molecule has 1 rings (SSSR count). The summed E-state index contributed by atoms with van der Waals surface area (Å²) in [6.07, 6.45) is -0.839. The average Bonchev–Trinajstić information content (AvgIpc) is 2.42. The normalized spacial score (nSPS) is 28.3. The number of likely N-dealkylation sites (N-methyl/N-ethyl adjacent to an activating group) is 6. The molecular weight excluding hydrogens is 1120 g/mol. The zero-order chi connectivity index (χ0) is 67.6. The van der Waals surface area contributed by atoms with Gasteiger partial charge in [0.25, 0.3) is 0 Å². The van der Waals surface area contributed by atoms with E-state index in [-0.39, 0.29) is 68.6 Å². The van der Waals surface area contributed by atoms with Crippen LogP contribution in [-0.4, -0.2) is 220 Å². The molecule has 1 fully saturated rings. The van der Waals surface area contributed by atoms with Gasteiger partial charge in [0.1, 0.15) is 42.3 Å². The quantitative estimate of drug-likeness (QED) is 0.149. The van der Waals surface area contributed by atoms with Crippen LogP contribution in [0.1, 0.15) is 169 Å². The fourth-order valence-corrected chi connectivity index (χ4v) is 11.7. The van der Waals surface area contributed by atoms with Crippen molar-refractivity contribution in [1.82, 2.24) is 40.0 Å². The molecule has 4 N–H and O–H groups in total. The first-order chi connectivity index (χ1) is 40.1. The van der Waals surface area contributed by atoms with Crippen molar-refractivity contribution in [1.29, 1.82) is 0 Å². The number of allylic oxidation sites excluding steroid dienone is 2. The van der Waals surface area contributed by atoms with Gasteiger partial charge in [0.05, 0.1) is 30.3 Å². The lowest BCUT2D eigenvalue weighted by molar-refractivity contribution is -0.155. The van der Waals surface area contributed by atoms with Crippen LogP contribution in [0.3, 0.4) is 0 Å². The first-order valence-electron chi connectivity index (χ1n) is 31.4. The Labute approximate surface area is 521 Å². The Balaban J connectivity index is 4.39. The second-order valence-corrected chi connectivity index (χ2v) is 27.0. The van der Waals surface area contributed by atoms with Crippen LogP contribution >= 0.6 is 0 Å². The van der Waals surface area contributed by atoms with Gasteiger partial charge in [-0.05, 0) is 102 Å². The molecule has 1 aliphatic rings. The molecule has 0 unspecified atom stereocenters. The molecule has 0 aromatic heterocycles. The van der Waals surface area contributed by atoms with Gasteiger partial charge in [0.2, 0.25) is 47.3 Å². The van der Waals surface area contributed by atoms with Crippen molar-refractivity contribution in [3.8, 4) is 0 Å². The number of carbonyl (C=O) groups is 11. The lowest BCUT2D eigenvalue weighted by atomic mass is 9.85. The predicted molar refractivity (Wildman–Crippen MR) is 335 cm³/mol. The Morgan fingerprint density at radius 1 is 0.506 bits per heavy atom. The van der Waals surface area contributed by atoms with Crippen molar-refractivity contribution >= 4 is 64.6 Å². The fraction of sp³-hybridized carbons (Fsp3) is 0.800. The molecule has 1 aliphatic heterocycles. The molecule has 1 heterocycles. The van der Waals surface area contributed by atoms with E-state index in [2.05, 4.69) is 10.6 Å². The van der Waals surface area contributed by atoms with Crippen molar-refractivity contribution in [2.75, 3.05) is 49.4 Å². The van der Waals surface area contributed by atoms with Gasteiger partial charge in [0, 0.05) is 80.5 Å². The number of nitrogens with one attached hydrogen (secondary N) is 2. The van der Waals surface area contributed by atoms with E-state index in [0.717, 1.165) is 14.7 Å². The molecule has 0 saturated carbocycles. The summed E-state index contributed by atoms with van der Waals surface area (Å²) in [5.74, 6) is -12.4. The van der Waals surface area contributed by atoms with Gasteiger partial charge in [-0.1, -0.05) is 95.2 Å². The predicted octanol–water partition coefficient (Wildman–Crippen LogP) is 4.94. The number of methoxy groups -OCH3 is 1. The molecule has 8 amide bonds. The van der Waals surface area contributed by atoms with E-state index in [1.54, 1.807) is 46.8 Å². The topological polar surface area (TPSA) is 281 Å². The second kappa shape index (κ2) is 36.1. The van der Waals surface area contributed by atoms with Crippen LogP contribution in [0.25, 0.3) is 0 Å². The largest absolute Gasteiger partial charge is 0.393 e. The van der Waals surface area contributed by atoms with Crippen LogP contribution in [0.5, 0.6) is 0 Å². The van der Waals surface area contributed by atoms with E-state index in [4.69, 9.17) is 4.74 Å². The van der Waals surface area contributed by atoms with E-state index in [1.807, 2.05) is 55.4 Å². The van der Waals surface area contributed by atoms with Crippen molar-refractivity contribution in [3.63, 3.8) is 0 Å². The van der Waals surface area contributed by atoms with E-state index >= 15 is 4.79 Å². The van der Waals surface area contributed by atoms with E-state index in [1.165, 1.54) is 91.8 Å². The van der Waals surface area contributed by atoms with Crippen molar-refractivity contribution in [2.24, 2.45) is 53.3 Å². The highest BCUT2D eigenvalue weighted by Crippen LogP contribution is 2.29. The molecule has 498 valence electrons. The number of aliphatic hydroxyl groups is 2. The number of Topliss-reactive ketones (excluding diaryl/α,β-unsaturated/α-hetero) is 3. The number of carbonyl (C=O) groups excluding carboxylic acids is 11. The van der Waals surface area contributed by atoms with Crippen LogP contribution in [0.4, 0.5) is 0 Å². The molecule has 0 spiro atoms. The van der Waals surface area contributed by atoms with Gasteiger partial charge < -0.3 is 55.0 Å². The van der Waals surface area contributed by atoms with Crippen LogP contribution in [-0.2, 0) is 57.5 Å². The summed E-state index contributed by atoms with van der Waals surface area (Å²) in [7, 11) is 9.70. The highest BCUT2D eigenvalue weighted by Gasteiger charge is 2.46. The number of rotatable bonds is 16. The molecule has 1 saturated heterocycles. The minimum absolute atomic E-state index is 0.0988. The summed E-state index contributed by atoms with van der Waals surface area (Å²) in [5.41, 5.74) is 0. The van der Waals surface area contributed by atoms with Gasteiger partial charge >= 0.3 is 0 Å². The highest BCUT2D eigenvalue weighted by atomic mass is 16.5.